The molecule has 2 saturated heterocycles. The monoisotopic (exact) mass is 462 g/mol. The summed E-state index contributed by atoms with van der Waals surface area (Å²) < 4.78 is 0. The highest BCUT2D eigenvalue weighted by Crippen LogP contribution is 2.25. The van der Waals surface area contributed by atoms with Gasteiger partial charge in [0.05, 0.1) is 10.8 Å². The Bertz CT molecular complexity index is 785. The summed E-state index contributed by atoms with van der Waals surface area (Å²) in [7, 11) is 4.08. The zero-order valence-electron chi connectivity index (χ0n) is 19.9. The first-order valence-electron chi connectivity index (χ1n) is 11.7. The number of hydrogen-bond acceptors (Lipinski definition) is 5. The Kier molecular flexibility index (Phi) is 8.33. The highest BCUT2D eigenvalue weighted by atomic mass is 32.1. The van der Waals surface area contributed by atoms with Crippen molar-refractivity contribution in [2.24, 2.45) is 17.3 Å². The lowest BCUT2D eigenvalue weighted by molar-refractivity contribution is -0.140. The molecule has 0 spiro atoms. The Morgan fingerprint density at radius 1 is 1.09 bits per heavy atom. The molecule has 32 heavy (non-hydrogen) atoms. The van der Waals surface area contributed by atoms with Crippen molar-refractivity contribution in [3.05, 3.63) is 22.4 Å². The largest absolute Gasteiger partial charge is 0.355 e. The van der Waals surface area contributed by atoms with E-state index >= 15 is 0 Å². The second kappa shape index (κ2) is 10.8. The van der Waals surface area contributed by atoms with Crippen LogP contribution < -0.4 is 5.32 Å². The molecule has 178 valence electrons. The normalized spacial score (nSPS) is 20.5. The maximum Gasteiger partial charge on any atom is 0.263 e. The molecule has 3 heterocycles. The number of thiophene rings is 1. The van der Waals surface area contributed by atoms with Crippen molar-refractivity contribution in [2.45, 2.75) is 39.5 Å². The standard InChI is InChI=1S/C24H38N4O3S/c1-24(2,17-26(3)4)16-25-21(29)18-9-12-27(13-10-18)22(30)19-7-5-11-28(15-19)23(31)20-8-6-14-32-20/h6,8,14,18-19H,5,7,9-13,15-17H2,1-4H3,(H,25,29). The van der Waals surface area contributed by atoms with Crippen LogP contribution in [0.3, 0.4) is 0 Å². The number of nitrogens with one attached hydrogen (secondary N) is 1. The lowest BCUT2D eigenvalue weighted by Gasteiger charge is -2.37. The minimum absolute atomic E-state index is 0.0171. The maximum absolute atomic E-state index is 13.1. The summed E-state index contributed by atoms with van der Waals surface area (Å²) in [5.74, 6) is 0.112. The Morgan fingerprint density at radius 3 is 2.44 bits per heavy atom. The molecule has 3 rings (SSSR count). The molecule has 0 aromatic carbocycles. The van der Waals surface area contributed by atoms with Crippen molar-refractivity contribution in [2.75, 3.05) is 53.4 Å². The first kappa shape index (κ1) is 24.7. The smallest absolute Gasteiger partial charge is 0.263 e. The molecule has 8 heteroatoms. The third-order valence-electron chi connectivity index (χ3n) is 6.45. The van der Waals surface area contributed by atoms with Crippen molar-refractivity contribution >= 4 is 29.1 Å². The Balaban J connectivity index is 1.45. The minimum Gasteiger partial charge on any atom is -0.355 e. The van der Waals surface area contributed by atoms with Crippen LogP contribution in [0.4, 0.5) is 0 Å². The first-order chi connectivity index (χ1) is 15.2. The number of nitrogens with zero attached hydrogens (tertiary/aromatic N) is 3. The molecule has 7 nitrogen and oxygen atoms in total. The molecule has 1 unspecified atom stereocenters. The third kappa shape index (κ3) is 6.54. The van der Waals surface area contributed by atoms with Gasteiger partial charge in [0.1, 0.15) is 0 Å². The van der Waals surface area contributed by atoms with E-state index in [1.165, 1.54) is 11.3 Å². The predicted octanol–water partition coefficient (Wildman–Crippen LogP) is 2.54. The van der Waals surface area contributed by atoms with Crippen molar-refractivity contribution < 1.29 is 14.4 Å². The summed E-state index contributed by atoms with van der Waals surface area (Å²) in [5.41, 5.74) is 0.0171. The van der Waals surface area contributed by atoms with Crippen LogP contribution in [0.2, 0.25) is 0 Å². The lowest BCUT2D eigenvalue weighted by Crippen LogP contribution is -2.50. The van der Waals surface area contributed by atoms with Gasteiger partial charge in [0.25, 0.3) is 5.91 Å². The fourth-order valence-electron chi connectivity index (χ4n) is 4.92. The summed E-state index contributed by atoms with van der Waals surface area (Å²) >= 11 is 1.45. The van der Waals surface area contributed by atoms with Gasteiger partial charge in [-0.2, -0.15) is 0 Å². The number of carbonyl (C=O) groups is 3. The number of piperidine rings is 2. The summed E-state index contributed by atoms with van der Waals surface area (Å²) in [4.78, 5) is 45.1. The Hall–Kier alpha value is -1.93. The van der Waals surface area contributed by atoms with Gasteiger partial charge in [0, 0.05) is 45.2 Å². The average molecular weight is 463 g/mol. The molecule has 1 atom stereocenters. The molecule has 0 bridgehead atoms. The van der Waals surface area contributed by atoms with Crippen molar-refractivity contribution in [1.29, 1.82) is 0 Å². The Morgan fingerprint density at radius 2 is 1.81 bits per heavy atom. The molecule has 1 N–H and O–H groups in total. The van der Waals surface area contributed by atoms with E-state index < -0.39 is 0 Å². The number of amides is 3. The van der Waals surface area contributed by atoms with E-state index in [9.17, 15) is 14.4 Å². The van der Waals surface area contributed by atoms with Gasteiger partial charge in [-0.3, -0.25) is 14.4 Å². The lowest BCUT2D eigenvalue weighted by atomic mass is 9.90. The van der Waals surface area contributed by atoms with Gasteiger partial charge in [-0.25, -0.2) is 0 Å². The fourth-order valence-corrected chi connectivity index (χ4v) is 5.61. The summed E-state index contributed by atoms with van der Waals surface area (Å²) in [5, 5.41) is 5.03. The first-order valence-corrected chi connectivity index (χ1v) is 12.6. The van der Waals surface area contributed by atoms with Gasteiger partial charge in [-0.05, 0) is 56.6 Å². The molecule has 2 fully saturated rings. The highest BCUT2D eigenvalue weighted by Gasteiger charge is 2.34. The molecule has 2 aliphatic heterocycles. The molecular formula is C24H38N4O3S. The number of carbonyl (C=O) groups excluding carboxylic acids is 3. The second-order valence-corrected chi connectivity index (χ2v) is 11.2. The van der Waals surface area contributed by atoms with E-state index in [2.05, 4.69) is 24.1 Å². The molecular weight excluding hydrogens is 424 g/mol. The van der Waals surface area contributed by atoms with E-state index in [-0.39, 0.29) is 35.0 Å². The quantitative estimate of drug-likeness (QED) is 0.676. The molecule has 0 saturated carbocycles. The zero-order valence-corrected chi connectivity index (χ0v) is 20.7. The molecule has 0 aliphatic carbocycles. The average Bonchev–Trinajstić information content (AvgIpc) is 3.31. The van der Waals surface area contributed by atoms with Crippen LogP contribution in [0.25, 0.3) is 0 Å². The van der Waals surface area contributed by atoms with Gasteiger partial charge < -0.3 is 20.0 Å². The number of rotatable bonds is 7. The van der Waals surface area contributed by atoms with E-state index in [0.717, 1.165) is 24.3 Å². The van der Waals surface area contributed by atoms with E-state index in [4.69, 9.17) is 0 Å². The Labute approximate surface area is 196 Å². The highest BCUT2D eigenvalue weighted by molar-refractivity contribution is 7.12. The number of likely N-dealkylation sites (tertiary alicyclic amines) is 2. The zero-order chi connectivity index (χ0) is 23.3. The van der Waals surface area contributed by atoms with Crippen LogP contribution in [0.5, 0.6) is 0 Å². The second-order valence-electron chi connectivity index (χ2n) is 10.3. The fraction of sp³-hybridized carbons (Fsp3) is 0.708. The van der Waals surface area contributed by atoms with Crippen molar-refractivity contribution in [1.82, 2.24) is 20.0 Å². The van der Waals surface area contributed by atoms with Crippen LogP contribution in [-0.2, 0) is 9.59 Å². The maximum atomic E-state index is 13.1. The summed E-state index contributed by atoms with van der Waals surface area (Å²) in [6.07, 6.45) is 3.09. The third-order valence-corrected chi connectivity index (χ3v) is 7.31. The molecule has 3 amide bonds. The van der Waals surface area contributed by atoms with Gasteiger partial charge in [-0.1, -0.05) is 19.9 Å². The van der Waals surface area contributed by atoms with E-state index in [1.54, 1.807) is 0 Å². The minimum atomic E-state index is -0.134. The molecule has 2 aliphatic rings. The van der Waals surface area contributed by atoms with Gasteiger partial charge in [-0.15, -0.1) is 11.3 Å². The summed E-state index contributed by atoms with van der Waals surface area (Å²) in [6.45, 7) is 8.33. The van der Waals surface area contributed by atoms with Crippen LogP contribution in [0.1, 0.15) is 49.2 Å². The van der Waals surface area contributed by atoms with Crippen molar-refractivity contribution in [3.63, 3.8) is 0 Å². The van der Waals surface area contributed by atoms with Crippen LogP contribution in [-0.4, -0.2) is 85.8 Å². The van der Waals surface area contributed by atoms with Crippen LogP contribution >= 0.6 is 11.3 Å². The summed E-state index contributed by atoms with van der Waals surface area (Å²) in [6, 6.07) is 3.73. The van der Waals surface area contributed by atoms with E-state index in [1.807, 2.05) is 41.4 Å². The molecule has 1 aromatic heterocycles. The van der Waals surface area contributed by atoms with Gasteiger partial charge >= 0.3 is 0 Å². The predicted molar refractivity (Wildman–Crippen MR) is 128 cm³/mol. The topological polar surface area (TPSA) is 73.0 Å². The van der Waals surface area contributed by atoms with Gasteiger partial charge in [0.15, 0.2) is 0 Å². The van der Waals surface area contributed by atoms with Crippen LogP contribution in [0, 0.1) is 17.3 Å². The molecule has 1 aromatic rings. The van der Waals surface area contributed by atoms with Crippen LogP contribution in [0.15, 0.2) is 17.5 Å². The van der Waals surface area contributed by atoms with E-state index in [0.29, 0.717) is 45.6 Å². The molecule has 0 radical (unpaired) electrons. The number of hydrogen-bond donors (Lipinski definition) is 1. The van der Waals surface area contributed by atoms with Crippen molar-refractivity contribution in [3.8, 4) is 0 Å². The van der Waals surface area contributed by atoms with Gasteiger partial charge in [0.2, 0.25) is 11.8 Å². The SMILES string of the molecule is CN(C)CC(C)(C)CNC(=O)C1CCN(C(=O)C2CCCN(C(=O)c3cccs3)C2)CC1.